The van der Waals surface area contributed by atoms with Crippen molar-refractivity contribution in [2.45, 2.75) is 19.3 Å². The predicted octanol–water partition coefficient (Wildman–Crippen LogP) is 0.949. The van der Waals surface area contributed by atoms with E-state index in [-0.39, 0.29) is 0 Å². The second-order valence-electron chi connectivity index (χ2n) is 2.82. The van der Waals surface area contributed by atoms with E-state index in [0.717, 1.165) is 0 Å². The summed E-state index contributed by atoms with van der Waals surface area (Å²) in [5.41, 5.74) is 0. The summed E-state index contributed by atoms with van der Waals surface area (Å²) in [6.07, 6.45) is 4.12. The Morgan fingerprint density at radius 3 is 1.67 bits per heavy atom. The Morgan fingerprint density at radius 2 is 1.22 bits per heavy atom. The summed E-state index contributed by atoms with van der Waals surface area (Å²) in [7, 11) is 4.32. The third-order valence-corrected chi connectivity index (χ3v) is 2.05. The minimum absolute atomic E-state index is 1.23. The van der Waals surface area contributed by atoms with Crippen molar-refractivity contribution < 1.29 is 0 Å². The van der Waals surface area contributed by atoms with Crippen molar-refractivity contribution in [2.75, 3.05) is 27.2 Å². The average Bonchev–Trinajstić information content (AvgIpc) is 1.99. The molecule has 0 bridgehead atoms. The van der Waals surface area contributed by atoms with E-state index < -0.39 is 0 Å². The molecule has 0 aromatic heterocycles. The standard InChI is InChI=1S/C7H16N2/c1-8-6-4-3-5-7-9(8)2/h3-7H2,1-2H3. The molecule has 1 aliphatic rings. The van der Waals surface area contributed by atoms with Gasteiger partial charge in [-0.25, -0.2) is 10.0 Å². The lowest BCUT2D eigenvalue weighted by molar-refractivity contribution is 0.0388. The van der Waals surface area contributed by atoms with Crippen molar-refractivity contribution in [1.29, 1.82) is 0 Å². The predicted molar refractivity (Wildman–Crippen MR) is 39.1 cm³/mol. The Bertz CT molecular complexity index is 73.0. The summed E-state index contributed by atoms with van der Waals surface area (Å²) < 4.78 is 0. The van der Waals surface area contributed by atoms with E-state index in [1.165, 1.54) is 32.4 Å². The number of hydrogen-bond donors (Lipinski definition) is 0. The minimum Gasteiger partial charge on any atom is -0.245 e. The van der Waals surface area contributed by atoms with E-state index in [1.807, 2.05) is 0 Å². The van der Waals surface area contributed by atoms with Gasteiger partial charge >= 0.3 is 0 Å². The largest absolute Gasteiger partial charge is 0.245 e. The fraction of sp³-hybridized carbons (Fsp3) is 1.00. The molecule has 1 rings (SSSR count). The first-order valence-corrected chi connectivity index (χ1v) is 3.73. The molecular formula is C7H16N2. The zero-order chi connectivity index (χ0) is 6.69. The van der Waals surface area contributed by atoms with Crippen molar-refractivity contribution in [3.05, 3.63) is 0 Å². The van der Waals surface area contributed by atoms with E-state index >= 15 is 0 Å². The van der Waals surface area contributed by atoms with Crippen LogP contribution in [0.5, 0.6) is 0 Å². The normalized spacial score (nSPS) is 26.0. The minimum atomic E-state index is 1.23. The molecule has 0 aliphatic carbocycles. The van der Waals surface area contributed by atoms with Crippen LogP contribution in [0.1, 0.15) is 19.3 Å². The summed E-state index contributed by atoms with van der Waals surface area (Å²) in [5.74, 6) is 0. The molecule has 0 spiro atoms. The highest BCUT2D eigenvalue weighted by Gasteiger charge is 2.08. The van der Waals surface area contributed by atoms with E-state index in [9.17, 15) is 0 Å². The number of rotatable bonds is 0. The van der Waals surface area contributed by atoms with Crippen molar-refractivity contribution in [3.8, 4) is 0 Å². The molecule has 54 valence electrons. The fourth-order valence-electron chi connectivity index (χ4n) is 1.20. The smallest absolute Gasteiger partial charge is 0.0130 e. The number of nitrogens with zero attached hydrogens (tertiary/aromatic N) is 2. The zero-order valence-electron chi connectivity index (χ0n) is 6.43. The van der Waals surface area contributed by atoms with Gasteiger partial charge < -0.3 is 0 Å². The van der Waals surface area contributed by atoms with E-state index in [1.54, 1.807) is 0 Å². The highest BCUT2D eigenvalue weighted by atomic mass is 15.6. The maximum absolute atomic E-state index is 2.30. The second kappa shape index (κ2) is 3.18. The molecule has 0 saturated carbocycles. The molecular weight excluding hydrogens is 112 g/mol. The molecule has 0 unspecified atom stereocenters. The van der Waals surface area contributed by atoms with Crippen molar-refractivity contribution >= 4 is 0 Å². The van der Waals surface area contributed by atoms with E-state index in [0.29, 0.717) is 0 Å². The third kappa shape index (κ3) is 1.95. The lowest BCUT2D eigenvalue weighted by Crippen LogP contribution is -2.35. The van der Waals surface area contributed by atoms with Gasteiger partial charge in [0.2, 0.25) is 0 Å². The molecule has 1 fully saturated rings. The van der Waals surface area contributed by atoms with Crippen LogP contribution in [0, 0.1) is 0 Å². The van der Waals surface area contributed by atoms with E-state index in [2.05, 4.69) is 24.1 Å². The average molecular weight is 128 g/mol. The van der Waals surface area contributed by atoms with Crippen LogP contribution in [-0.2, 0) is 0 Å². The van der Waals surface area contributed by atoms with Crippen LogP contribution in [0.4, 0.5) is 0 Å². The maximum Gasteiger partial charge on any atom is 0.0130 e. The molecule has 1 saturated heterocycles. The first-order valence-electron chi connectivity index (χ1n) is 3.73. The lowest BCUT2D eigenvalue weighted by Gasteiger charge is -2.24. The fourth-order valence-corrected chi connectivity index (χ4v) is 1.20. The van der Waals surface area contributed by atoms with Crippen molar-refractivity contribution in [3.63, 3.8) is 0 Å². The number of hydrogen-bond acceptors (Lipinski definition) is 2. The summed E-state index contributed by atoms with van der Waals surface area (Å²) >= 11 is 0. The third-order valence-electron chi connectivity index (χ3n) is 2.05. The maximum atomic E-state index is 2.30. The molecule has 0 aromatic carbocycles. The van der Waals surface area contributed by atoms with Crippen molar-refractivity contribution in [1.82, 2.24) is 10.0 Å². The van der Waals surface area contributed by atoms with Crippen LogP contribution in [-0.4, -0.2) is 37.2 Å². The molecule has 0 amide bonds. The van der Waals surface area contributed by atoms with Crippen LogP contribution in [0.2, 0.25) is 0 Å². The molecule has 0 radical (unpaired) electrons. The molecule has 1 heterocycles. The van der Waals surface area contributed by atoms with Crippen LogP contribution in [0.3, 0.4) is 0 Å². The quantitative estimate of drug-likeness (QED) is 0.479. The first-order chi connectivity index (χ1) is 4.30. The molecule has 1 aliphatic heterocycles. The second-order valence-corrected chi connectivity index (χ2v) is 2.82. The van der Waals surface area contributed by atoms with Gasteiger partial charge in [-0.05, 0) is 12.8 Å². The molecule has 2 nitrogen and oxygen atoms in total. The Balaban J connectivity index is 2.32. The SMILES string of the molecule is CN1CCCCCN1C. The van der Waals surface area contributed by atoms with Gasteiger partial charge in [0.05, 0.1) is 0 Å². The Hall–Kier alpha value is -0.0800. The molecule has 2 heteroatoms. The monoisotopic (exact) mass is 128 g/mol. The molecule has 9 heavy (non-hydrogen) atoms. The van der Waals surface area contributed by atoms with Crippen LogP contribution in [0.25, 0.3) is 0 Å². The highest BCUT2D eigenvalue weighted by Crippen LogP contribution is 2.05. The van der Waals surface area contributed by atoms with Gasteiger partial charge in [0.1, 0.15) is 0 Å². The first kappa shape index (κ1) is 7.03. The highest BCUT2D eigenvalue weighted by molar-refractivity contribution is 4.56. The summed E-state index contributed by atoms with van der Waals surface area (Å²) in [6.45, 7) is 2.47. The van der Waals surface area contributed by atoms with Crippen molar-refractivity contribution in [2.24, 2.45) is 0 Å². The van der Waals surface area contributed by atoms with Crippen LogP contribution in [0.15, 0.2) is 0 Å². The van der Waals surface area contributed by atoms with Gasteiger partial charge in [0, 0.05) is 27.2 Å². The van der Waals surface area contributed by atoms with Gasteiger partial charge in [0.15, 0.2) is 0 Å². The zero-order valence-corrected chi connectivity index (χ0v) is 6.43. The molecule has 0 aromatic rings. The van der Waals surface area contributed by atoms with Crippen LogP contribution >= 0.6 is 0 Å². The van der Waals surface area contributed by atoms with Gasteiger partial charge in [-0.2, -0.15) is 0 Å². The Morgan fingerprint density at radius 1 is 0.778 bits per heavy atom. The number of hydrazine groups is 1. The topological polar surface area (TPSA) is 6.48 Å². The summed E-state index contributed by atoms with van der Waals surface area (Å²) in [5, 5.41) is 4.60. The molecule has 0 atom stereocenters. The van der Waals surface area contributed by atoms with Gasteiger partial charge in [-0.1, -0.05) is 6.42 Å². The van der Waals surface area contributed by atoms with Gasteiger partial charge in [0.25, 0.3) is 0 Å². The van der Waals surface area contributed by atoms with Crippen LogP contribution < -0.4 is 0 Å². The molecule has 0 N–H and O–H groups in total. The summed E-state index contributed by atoms with van der Waals surface area (Å²) in [4.78, 5) is 0. The summed E-state index contributed by atoms with van der Waals surface area (Å²) in [6, 6.07) is 0. The van der Waals surface area contributed by atoms with E-state index in [4.69, 9.17) is 0 Å². The Labute approximate surface area is 57.4 Å². The lowest BCUT2D eigenvalue weighted by atomic mass is 10.2. The van der Waals surface area contributed by atoms with Gasteiger partial charge in [-0.15, -0.1) is 0 Å². The van der Waals surface area contributed by atoms with Gasteiger partial charge in [-0.3, -0.25) is 0 Å². The Kier molecular flexibility index (Phi) is 2.49.